The highest BCUT2D eigenvalue weighted by molar-refractivity contribution is 7.92. The molecule has 0 radical (unpaired) electrons. The van der Waals surface area contributed by atoms with Crippen LogP contribution < -0.4 is 5.73 Å². The molecule has 2 heterocycles. The number of aliphatic imine (C=N–C) groups is 1. The Morgan fingerprint density at radius 1 is 1.33 bits per heavy atom. The number of piperidine rings is 1. The summed E-state index contributed by atoms with van der Waals surface area (Å²) in [6.07, 6.45) is 4.52. The third-order valence-corrected chi connectivity index (χ3v) is 6.94. The van der Waals surface area contributed by atoms with Gasteiger partial charge in [0.25, 0.3) is 0 Å². The number of ether oxygens (including phenoxy) is 1. The minimum atomic E-state index is -3.18. The van der Waals surface area contributed by atoms with Crippen LogP contribution in [-0.4, -0.2) is 63.1 Å². The summed E-state index contributed by atoms with van der Waals surface area (Å²) >= 11 is 0. The molecule has 0 bridgehead atoms. The first-order valence-electron chi connectivity index (χ1n) is 7.66. The predicted molar refractivity (Wildman–Crippen MR) is 84.1 cm³/mol. The third-order valence-electron chi connectivity index (χ3n) is 4.83. The predicted octanol–water partition coefficient (Wildman–Crippen LogP) is 0.627. The van der Waals surface area contributed by atoms with Gasteiger partial charge in [0.1, 0.15) is 0 Å². The van der Waals surface area contributed by atoms with Gasteiger partial charge in [-0.15, -0.1) is 0 Å². The smallest absolute Gasteiger partial charge is 0.191 e. The van der Waals surface area contributed by atoms with E-state index in [2.05, 4.69) is 16.8 Å². The molecule has 2 aliphatic heterocycles. The SMILES string of the molecule is CC1CCN(C(N)=NCC2(S(C)(=O)=O)CCOCC2)CC1. The Balaban J connectivity index is 2.05. The summed E-state index contributed by atoms with van der Waals surface area (Å²) in [4.78, 5) is 6.49. The van der Waals surface area contributed by atoms with Crippen LogP contribution in [0.15, 0.2) is 4.99 Å². The average molecular weight is 317 g/mol. The molecule has 0 aromatic rings. The van der Waals surface area contributed by atoms with Gasteiger partial charge in [-0.2, -0.15) is 0 Å². The van der Waals surface area contributed by atoms with Gasteiger partial charge in [-0.25, -0.2) is 8.42 Å². The van der Waals surface area contributed by atoms with Gasteiger partial charge in [0.15, 0.2) is 15.8 Å². The van der Waals surface area contributed by atoms with Crippen LogP contribution in [0.1, 0.15) is 32.6 Å². The van der Waals surface area contributed by atoms with E-state index in [1.54, 1.807) is 0 Å². The first-order chi connectivity index (χ1) is 9.84. The van der Waals surface area contributed by atoms with Gasteiger partial charge in [0.2, 0.25) is 0 Å². The van der Waals surface area contributed by atoms with E-state index in [0.717, 1.165) is 31.8 Å². The van der Waals surface area contributed by atoms with E-state index in [4.69, 9.17) is 10.5 Å². The molecule has 0 aromatic heterocycles. The number of nitrogens with zero attached hydrogens (tertiary/aromatic N) is 2. The highest BCUT2D eigenvalue weighted by atomic mass is 32.2. The summed E-state index contributed by atoms with van der Waals surface area (Å²) in [7, 11) is -3.18. The highest BCUT2D eigenvalue weighted by Crippen LogP contribution is 2.29. The quantitative estimate of drug-likeness (QED) is 0.609. The van der Waals surface area contributed by atoms with Gasteiger partial charge in [0.05, 0.1) is 11.3 Å². The Morgan fingerprint density at radius 2 is 1.90 bits per heavy atom. The van der Waals surface area contributed by atoms with Gasteiger partial charge >= 0.3 is 0 Å². The fourth-order valence-corrected chi connectivity index (χ4v) is 4.16. The Bertz CT molecular complexity index is 476. The Labute approximate surface area is 127 Å². The lowest BCUT2D eigenvalue weighted by Crippen LogP contribution is -2.48. The van der Waals surface area contributed by atoms with Crippen LogP contribution >= 0.6 is 0 Å². The van der Waals surface area contributed by atoms with Crippen molar-refractivity contribution in [2.75, 3.05) is 39.1 Å². The van der Waals surface area contributed by atoms with E-state index < -0.39 is 14.6 Å². The second kappa shape index (κ2) is 6.52. The fourth-order valence-electron chi connectivity index (χ4n) is 2.95. The molecule has 6 nitrogen and oxygen atoms in total. The molecule has 2 saturated heterocycles. The van der Waals surface area contributed by atoms with Crippen LogP contribution in [0.3, 0.4) is 0 Å². The monoisotopic (exact) mass is 317 g/mol. The molecular formula is C14H27N3O3S. The molecule has 0 amide bonds. The molecular weight excluding hydrogens is 290 g/mol. The van der Waals surface area contributed by atoms with Crippen LogP contribution in [0.2, 0.25) is 0 Å². The first-order valence-corrected chi connectivity index (χ1v) is 9.55. The van der Waals surface area contributed by atoms with E-state index in [1.807, 2.05) is 0 Å². The van der Waals surface area contributed by atoms with Crippen molar-refractivity contribution in [1.82, 2.24) is 4.90 Å². The molecule has 0 unspecified atom stereocenters. The molecule has 0 atom stereocenters. The summed E-state index contributed by atoms with van der Waals surface area (Å²) in [5.74, 6) is 1.21. The maximum atomic E-state index is 12.2. The lowest BCUT2D eigenvalue weighted by molar-refractivity contribution is 0.0767. The van der Waals surface area contributed by atoms with Gasteiger partial charge in [0, 0.05) is 32.6 Å². The van der Waals surface area contributed by atoms with E-state index in [-0.39, 0.29) is 6.54 Å². The zero-order chi connectivity index (χ0) is 15.5. The van der Waals surface area contributed by atoms with E-state index in [9.17, 15) is 8.42 Å². The zero-order valence-electron chi connectivity index (χ0n) is 13.0. The van der Waals surface area contributed by atoms with Crippen molar-refractivity contribution in [3.8, 4) is 0 Å². The lowest BCUT2D eigenvalue weighted by atomic mass is 9.99. The van der Waals surface area contributed by atoms with Gasteiger partial charge < -0.3 is 15.4 Å². The standard InChI is InChI=1S/C14H27N3O3S/c1-12-3-7-17(8-4-12)13(15)16-11-14(21(2,18)19)5-9-20-10-6-14/h12H,3-11H2,1-2H3,(H2,15,16). The van der Waals surface area contributed by atoms with Crippen molar-refractivity contribution in [3.63, 3.8) is 0 Å². The number of sulfone groups is 1. The van der Waals surface area contributed by atoms with Crippen LogP contribution in [0.4, 0.5) is 0 Å². The molecule has 2 fully saturated rings. The van der Waals surface area contributed by atoms with Crippen molar-refractivity contribution in [2.24, 2.45) is 16.6 Å². The molecule has 122 valence electrons. The molecule has 7 heteroatoms. The topological polar surface area (TPSA) is 85.0 Å². The molecule has 2 rings (SSSR count). The third kappa shape index (κ3) is 3.88. The molecule has 0 aromatic carbocycles. The summed E-state index contributed by atoms with van der Waals surface area (Å²) in [5, 5.41) is 0. The first kappa shape index (κ1) is 16.5. The van der Waals surface area contributed by atoms with E-state index in [0.29, 0.717) is 32.0 Å². The van der Waals surface area contributed by atoms with Gasteiger partial charge in [-0.1, -0.05) is 6.92 Å². The van der Waals surface area contributed by atoms with Crippen molar-refractivity contribution in [3.05, 3.63) is 0 Å². The summed E-state index contributed by atoms with van der Waals surface area (Å²) < 4.78 is 28.8. The molecule has 0 spiro atoms. The van der Waals surface area contributed by atoms with Gasteiger partial charge in [-0.05, 0) is 31.6 Å². The van der Waals surface area contributed by atoms with Crippen molar-refractivity contribution >= 4 is 15.8 Å². The number of hydrogen-bond donors (Lipinski definition) is 1. The van der Waals surface area contributed by atoms with Crippen LogP contribution in [0.25, 0.3) is 0 Å². The Kier molecular flexibility index (Phi) is 5.14. The molecule has 0 aliphatic carbocycles. The van der Waals surface area contributed by atoms with E-state index >= 15 is 0 Å². The molecule has 2 N–H and O–H groups in total. The van der Waals surface area contributed by atoms with Gasteiger partial charge in [-0.3, -0.25) is 4.99 Å². The fraction of sp³-hybridized carbons (Fsp3) is 0.929. The number of likely N-dealkylation sites (tertiary alicyclic amines) is 1. The Morgan fingerprint density at radius 3 is 2.43 bits per heavy atom. The van der Waals surface area contributed by atoms with Crippen molar-refractivity contribution in [1.29, 1.82) is 0 Å². The molecule has 2 aliphatic rings. The largest absolute Gasteiger partial charge is 0.381 e. The Hall–Kier alpha value is -0.820. The van der Waals surface area contributed by atoms with E-state index in [1.165, 1.54) is 6.26 Å². The summed E-state index contributed by atoms with van der Waals surface area (Å²) in [5.41, 5.74) is 6.06. The number of guanidine groups is 1. The maximum absolute atomic E-state index is 12.2. The lowest BCUT2D eigenvalue weighted by Gasteiger charge is -2.35. The minimum absolute atomic E-state index is 0.243. The number of hydrogen-bond acceptors (Lipinski definition) is 4. The number of nitrogens with two attached hydrogens (primary N) is 1. The van der Waals surface area contributed by atoms with Crippen LogP contribution in [0, 0.1) is 5.92 Å². The summed E-state index contributed by atoms with van der Waals surface area (Å²) in [6.45, 7) is 5.25. The minimum Gasteiger partial charge on any atom is -0.381 e. The van der Waals surface area contributed by atoms with Crippen LogP contribution in [-0.2, 0) is 14.6 Å². The highest BCUT2D eigenvalue weighted by Gasteiger charge is 2.42. The van der Waals surface area contributed by atoms with Crippen LogP contribution in [0.5, 0.6) is 0 Å². The second-order valence-electron chi connectivity index (χ2n) is 6.41. The summed E-state index contributed by atoms with van der Waals surface area (Å²) in [6, 6.07) is 0. The maximum Gasteiger partial charge on any atom is 0.191 e. The average Bonchev–Trinajstić information content (AvgIpc) is 2.45. The molecule has 21 heavy (non-hydrogen) atoms. The zero-order valence-corrected chi connectivity index (χ0v) is 13.9. The molecule has 0 saturated carbocycles. The van der Waals surface area contributed by atoms with Crippen molar-refractivity contribution in [2.45, 2.75) is 37.4 Å². The number of rotatable bonds is 3. The van der Waals surface area contributed by atoms with Crippen molar-refractivity contribution < 1.29 is 13.2 Å². The normalized spacial score (nSPS) is 25.0. The second-order valence-corrected chi connectivity index (χ2v) is 8.82.